The summed E-state index contributed by atoms with van der Waals surface area (Å²) in [4.78, 5) is 11.5. The number of primary amides is 1. The second-order valence-electron chi connectivity index (χ2n) is 1.95. The molecule has 2 N–H and O–H groups in total. The van der Waals surface area contributed by atoms with E-state index in [0.29, 0.717) is 0 Å². The molecular formula is C6H14N2O. The van der Waals surface area contributed by atoms with Crippen molar-refractivity contribution in [2.75, 3.05) is 21.1 Å². The quantitative estimate of drug-likeness (QED) is 0.501. The summed E-state index contributed by atoms with van der Waals surface area (Å²) < 4.78 is 0. The van der Waals surface area contributed by atoms with E-state index in [1.54, 1.807) is 0 Å². The van der Waals surface area contributed by atoms with Crippen molar-refractivity contribution in [1.29, 1.82) is 0 Å². The van der Waals surface area contributed by atoms with E-state index >= 15 is 0 Å². The molecule has 9 heavy (non-hydrogen) atoms. The fourth-order valence-electron chi connectivity index (χ4n) is 0. The average Bonchev–Trinajstić information content (AvgIpc) is 1.65. The number of nitrogens with zero attached hydrogens (tertiary/aromatic N) is 1. The predicted octanol–water partition coefficient (Wildman–Crippen LogP) is -0.164. The first kappa shape index (κ1) is 11.0. The molecule has 3 heteroatoms. The van der Waals surface area contributed by atoms with Gasteiger partial charge in [0.1, 0.15) is 0 Å². The van der Waals surface area contributed by atoms with Gasteiger partial charge < -0.3 is 10.6 Å². The van der Waals surface area contributed by atoms with Crippen LogP contribution < -0.4 is 5.73 Å². The summed E-state index contributed by atoms with van der Waals surface area (Å²) in [5.74, 6) is -0.481. The number of hydrogen-bond acceptors (Lipinski definition) is 2. The Morgan fingerprint density at radius 3 is 1.67 bits per heavy atom. The van der Waals surface area contributed by atoms with E-state index in [0.717, 1.165) is 6.08 Å². The highest BCUT2D eigenvalue weighted by Gasteiger charge is 1.69. The third-order valence-corrected chi connectivity index (χ3v) is 0.201. The van der Waals surface area contributed by atoms with Gasteiger partial charge in [0.05, 0.1) is 0 Å². The maximum Gasteiger partial charge on any atom is 0.240 e. The van der Waals surface area contributed by atoms with Gasteiger partial charge in [0.25, 0.3) is 0 Å². The number of carbonyl (C=O) groups is 1. The van der Waals surface area contributed by atoms with Crippen LogP contribution in [0.2, 0.25) is 0 Å². The molecule has 1 amide bonds. The van der Waals surface area contributed by atoms with Crippen LogP contribution in [-0.4, -0.2) is 32.0 Å². The zero-order valence-electron chi connectivity index (χ0n) is 6.22. The number of nitrogens with two attached hydrogens (primary N) is 1. The molecule has 0 bridgehead atoms. The van der Waals surface area contributed by atoms with Crippen LogP contribution in [0.3, 0.4) is 0 Å². The Morgan fingerprint density at radius 2 is 1.67 bits per heavy atom. The van der Waals surface area contributed by atoms with Crippen molar-refractivity contribution >= 4 is 5.91 Å². The molecule has 54 valence electrons. The zero-order valence-corrected chi connectivity index (χ0v) is 6.22. The van der Waals surface area contributed by atoms with E-state index in [1.807, 2.05) is 26.0 Å². The van der Waals surface area contributed by atoms with Crippen molar-refractivity contribution in [2.24, 2.45) is 5.73 Å². The average molecular weight is 130 g/mol. The maximum absolute atomic E-state index is 9.47. The molecule has 0 fully saturated rings. The number of carbonyl (C=O) groups excluding carboxylic acids is 1. The first-order chi connectivity index (χ1) is 4.00. The maximum atomic E-state index is 9.47. The molecule has 0 aromatic carbocycles. The van der Waals surface area contributed by atoms with Crippen molar-refractivity contribution in [3.05, 3.63) is 12.7 Å². The van der Waals surface area contributed by atoms with Gasteiger partial charge in [0.2, 0.25) is 5.91 Å². The molecule has 0 radical (unpaired) electrons. The third kappa shape index (κ3) is 140. The Bertz CT molecular complexity index is 86.3. The standard InChI is InChI=1S/C3H5NO.C3H9N/c1-2-3(4)5;1-4(2)3/h2H,1H2,(H2,4,5);1-3H3. The second kappa shape index (κ2) is 7.17. The molecule has 0 heterocycles. The molecular weight excluding hydrogens is 116 g/mol. The number of amides is 1. The summed E-state index contributed by atoms with van der Waals surface area (Å²) in [6.07, 6.45) is 1.06. The molecule has 3 nitrogen and oxygen atoms in total. The number of rotatable bonds is 1. The summed E-state index contributed by atoms with van der Waals surface area (Å²) in [6, 6.07) is 0. The van der Waals surface area contributed by atoms with Crippen LogP contribution >= 0.6 is 0 Å². The third-order valence-electron chi connectivity index (χ3n) is 0.201. The summed E-state index contributed by atoms with van der Waals surface area (Å²) in [5.41, 5.74) is 4.53. The Balaban J connectivity index is 0. The lowest BCUT2D eigenvalue weighted by Crippen LogP contribution is -2.04. The Hall–Kier alpha value is -0.830. The van der Waals surface area contributed by atoms with Gasteiger partial charge in [-0.25, -0.2) is 0 Å². The monoisotopic (exact) mass is 130 g/mol. The fourth-order valence-corrected chi connectivity index (χ4v) is 0. The van der Waals surface area contributed by atoms with Crippen LogP contribution in [0.5, 0.6) is 0 Å². The molecule has 0 atom stereocenters. The van der Waals surface area contributed by atoms with E-state index in [9.17, 15) is 4.79 Å². The van der Waals surface area contributed by atoms with Crippen LogP contribution in [0.25, 0.3) is 0 Å². The fraction of sp³-hybridized carbons (Fsp3) is 0.500. The molecule has 0 rings (SSSR count). The molecule has 0 saturated heterocycles. The highest BCUT2D eigenvalue weighted by molar-refractivity contribution is 5.84. The second-order valence-corrected chi connectivity index (χ2v) is 1.95. The summed E-state index contributed by atoms with van der Waals surface area (Å²) in [6.45, 7) is 3.09. The predicted molar refractivity (Wildman–Crippen MR) is 39.0 cm³/mol. The van der Waals surface area contributed by atoms with Gasteiger partial charge in [-0.15, -0.1) is 0 Å². The van der Waals surface area contributed by atoms with E-state index in [4.69, 9.17) is 0 Å². The van der Waals surface area contributed by atoms with Gasteiger partial charge in [0, 0.05) is 0 Å². The highest BCUT2D eigenvalue weighted by Crippen LogP contribution is 1.48. The van der Waals surface area contributed by atoms with Gasteiger partial charge >= 0.3 is 0 Å². The minimum atomic E-state index is -0.481. The van der Waals surface area contributed by atoms with Crippen molar-refractivity contribution < 1.29 is 4.79 Å². The van der Waals surface area contributed by atoms with E-state index in [1.165, 1.54) is 0 Å². The number of hydrogen-bond donors (Lipinski definition) is 1. The normalized spacial score (nSPS) is 7.56. The first-order valence-corrected chi connectivity index (χ1v) is 2.53. The lowest BCUT2D eigenvalue weighted by atomic mass is 10.6. The van der Waals surface area contributed by atoms with Gasteiger partial charge in [-0.1, -0.05) is 6.58 Å². The smallest absolute Gasteiger partial charge is 0.240 e. The van der Waals surface area contributed by atoms with Crippen LogP contribution in [0, 0.1) is 0 Å². The highest BCUT2D eigenvalue weighted by atomic mass is 16.1. The molecule has 0 saturated carbocycles. The van der Waals surface area contributed by atoms with E-state index in [-0.39, 0.29) is 0 Å². The zero-order chi connectivity index (χ0) is 7.86. The SMILES string of the molecule is C=CC(N)=O.CN(C)C. The van der Waals surface area contributed by atoms with Crippen molar-refractivity contribution in [1.82, 2.24) is 4.90 Å². The molecule has 0 aliphatic heterocycles. The lowest BCUT2D eigenvalue weighted by molar-refractivity contribution is -0.113. The molecule has 0 aromatic heterocycles. The van der Waals surface area contributed by atoms with E-state index in [2.05, 4.69) is 12.3 Å². The first-order valence-electron chi connectivity index (χ1n) is 2.53. The van der Waals surface area contributed by atoms with E-state index < -0.39 is 5.91 Å². The van der Waals surface area contributed by atoms with Crippen LogP contribution in [0.15, 0.2) is 12.7 Å². The molecule has 0 aliphatic carbocycles. The van der Waals surface area contributed by atoms with Crippen LogP contribution in [0.4, 0.5) is 0 Å². The molecule has 0 aromatic rings. The summed E-state index contributed by atoms with van der Waals surface area (Å²) in [5, 5.41) is 0. The summed E-state index contributed by atoms with van der Waals surface area (Å²) in [7, 11) is 6.00. The van der Waals surface area contributed by atoms with Gasteiger partial charge in [0.15, 0.2) is 0 Å². The minimum Gasteiger partial charge on any atom is -0.366 e. The Labute approximate surface area is 56.1 Å². The topological polar surface area (TPSA) is 46.3 Å². The molecule has 0 spiro atoms. The Kier molecular flexibility index (Phi) is 8.79. The van der Waals surface area contributed by atoms with Gasteiger partial charge in [-0.2, -0.15) is 0 Å². The van der Waals surface area contributed by atoms with Gasteiger partial charge in [-0.05, 0) is 27.2 Å². The van der Waals surface area contributed by atoms with Crippen LogP contribution in [-0.2, 0) is 4.79 Å². The molecule has 0 unspecified atom stereocenters. The summed E-state index contributed by atoms with van der Waals surface area (Å²) >= 11 is 0. The minimum absolute atomic E-state index is 0.481. The van der Waals surface area contributed by atoms with Crippen molar-refractivity contribution in [2.45, 2.75) is 0 Å². The lowest BCUT2D eigenvalue weighted by Gasteiger charge is -1.90. The van der Waals surface area contributed by atoms with Crippen molar-refractivity contribution in [3.63, 3.8) is 0 Å². The largest absolute Gasteiger partial charge is 0.366 e. The van der Waals surface area contributed by atoms with Crippen LogP contribution in [0.1, 0.15) is 0 Å². The molecule has 0 aliphatic rings. The van der Waals surface area contributed by atoms with Crippen molar-refractivity contribution in [3.8, 4) is 0 Å². The van der Waals surface area contributed by atoms with Gasteiger partial charge in [-0.3, -0.25) is 4.79 Å². The Morgan fingerprint density at radius 1 is 1.56 bits per heavy atom.